The Hall–Kier alpha value is -1.16. The van der Waals surface area contributed by atoms with E-state index in [9.17, 15) is 8.78 Å². The quantitative estimate of drug-likeness (QED) is 0.775. The lowest BCUT2D eigenvalue weighted by Gasteiger charge is -2.15. The Bertz CT molecular complexity index is 352. The molecule has 4 heteroatoms. The van der Waals surface area contributed by atoms with Crippen LogP contribution in [0.2, 0.25) is 0 Å². The van der Waals surface area contributed by atoms with E-state index in [1.807, 2.05) is 12.1 Å². The second kappa shape index (κ2) is 8.10. The van der Waals surface area contributed by atoms with E-state index in [1.165, 1.54) is 0 Å². The predicted octanol–water partition coefficient (Wildman–Crippen LogP) is 3.85. The van der Waals surface area contributed by atoms with Crippen LogP contribution in [0.5, 0.6) is 5.75 Å². The van der Waals surface area contributed by atoms with Gasteiger partial charge >= 0.3 is 6.61 Å². The van der Waals surface area contributed by atoms with Crippen LogP contribution in [0.3, 0.4) is 0 Å². The van der Waals surface area contributed by atoms with Crippen LogP contribution in [0, 0.1) is 5.92 Å². The maximum absolute atomic E-state index is 12.0. The summed E-state index contributed by atoms with van der Waals surface area (Å²) >= 11 is 0. The summed E-state index contributed by atoms with van der Waals surface area (Å²) in [7, 11) is 0. The molecule has 0 aliphatic heterocycles. The van der Waals surface area contributed by atoms with Crippen molar-refractivity contribution in [3.63, 3.8) is 0 Å². The molecule has 0 fully saturated rings. The third-order valence-corrected chi connectivity index (χ3v) is 2.89. The lowest BCUT2D eigenvalue weighted by molar-refractivity contribution is -0.0498. The second-order valence-electron chi connectivity index (χ2n) is 5.26. The van der Waals surface area contributed by atoms with Gasteiger partial charge in [0.25, 0.3) is 0 Å². The summed E-state index contributed by atoms with van der Waals surface area (Å²) < 4.78 is 28.3. The van der Waals surface area contributed by atoms with Crippen molar-refractivity contribution >= 4 is 0 Å². The number of nitrogens with one attached hydrogen (secondary N) is 1. The third-order valence-electron chi connectivity index (χ3n) is 2.89. The maximum atomic E-state index is 12.0. The molecule has 0 spiro atoms. The molecule has 2 nitrogen and oxygen atoms in total. The monoisotopic (exact) mass is 271 g/mol. The van der Waals surface area contributed by atoms with Gasteiger partial charge in [-0.3, -0.25) is 0 Å². The summed E-state index contributed by atoms with van der Waals surface area (Å²) in [5, 5.41) is 3.47. The Balaban J connectivity index is 2.33. The first kappa shape index (κ1) is 15.9. The van der Waals surface area contributed by atoms with Gasteiger partial charge in [-0.15, -0.1) is 0 Å². The fourth-order valence-electron chi connectivity index (χ4n) is 1.76. The van der Waals surface area contributed by atoms with Crippen LogP contribution in [0.25, 0.3) is 0 Å². The van der Waals surface area contributed by atoms with Gasteiger partial charge in [0.05, 0.1) is 0 Å². The Morgan fingerprint density at radius 2 is 1.74 bits per heavy atom. The van der Waals surface area contributed by atoms with Crippen LogP contribution >= 0.6 is 0 Å². The van der Waals surface area contributed by atoms with Crippen molar-refractivity contribution in [1.82, 2.24) is 5.32 Å². The molecule has 1 aromatic rings. The number of ether oxygens (including phenoxy) is 1. The van der Waals surface area contributed by atoms with Gasteiger partial charge in [-0.2, -0.15) is 8.78 Å². The second-order valence-corrected chi connectivity index (χ2v) is 5.26. The van der Waals surface area contributed by atoms with E-state index >= 15 is 0 Å². The molecule has 0 amide bonds. The summed E-state index contributed by atoms with van der Waals surface area (Å²) in [6.45, 7) is 4.79. The SMILES string of the molecule is CC(C)CNC(C)CCc1ccc(OC(F)F)cc1. The number of benzene rings is 1. The molecule has 0 aliphatic rings. The van der Waals surface area contributed by atoms with Gasteiger partial charge in [0, 0.05) is 6.04 Å². The van der Waals surface area contributed by atoms with Gasteiger partial charge < -0.3 is 10.1 Å². The van der Waals surface area contributed by atoms with Crippen LogP contribution < -0.4 is 10.1 Å². The van der Waals surface area contributed by atoms with E-state index in [0.717, 1.165) is 24.9 Å². The van der Waals surface area contributed by atoms with Crippen molar-refractivity contribution in [2.45, 2.75) is 46.3 Å². The first-order chi connectivity index (χ1) is 8.97. The highest BCUT2D eigenvalue weighted by molar-refractivity contribution is 5.27. The Kier molecular flexibility index (Phi) is 6.78. The van der Waals surface area contributed by atoms with E-state index in [0.29, 0.717) is 12.0 Å². The van der Waals surface area contributed by atoms with Gasteiger partial charge in [0.15, 0.2) is 0 Å². The highest BCUT2D eigenvalue weighted by atomic mass is 19.3. The topological polar surface area (TPSA) is 21.3 Å². The number of alkyl halides is 2. The fourth-order valence-corrected chi connectivity index (χ4v) is 1.76. The summed E-state index contributed by atoms with van der Waals surface area (Å²) in [6, 6.07) is 7.32. The average Bonchev–Trinajstić information content (AvgIpc) is 2.35. The fraction of sp³-hybridized carbons (Fsp3) is 0.600. The van der Waals surface area contributed by atoms with Crippen molar-refractivity contribution in [3.05, 3.63) is 29.8 Å². The number of hydrogen-bond donors (Lipinski definition) is 1. The largest absolute Gasteiger partial charge is 0.435 e. The van der Waals surface area contributed by atoms with E-state index in [1.54, 1.807) is 12.1 Å². The molecule has 0 radical (unpaired) electrons. The van der Waals surface area contributed by atoms with E-state index in [2.05, 4.69) is 30.8 Å². The zero-order valence-corrected chi connectivity index (χ0v) is 11.8. The minimum absolute atomic E-state index is 0.213. The summed E-state index contributed by atoms with van der Waals surface area (Å²) in [5.41, 5.74) is 1.14. The van der Waals surface area contributed by atoms with Crippen LogP contribution in [-0.4, -0.2) is 19.2 Å². The average molecular weight is 271 g/mol. The summed E-state index contributed by atoms with van der Waals surface area (Å²) in [4.78, 5) is 0. The van der Waals surface area contributed by atoms with Gasteiger partial charge in [-0.25, -0.2) is 0 Å². The van der Waals surface area contributed by atoms with Crippen molar-refractivity contribution in [2.75, 3.05) is 6.54 Å². The van der Waals surface area contributed by atoms with Crippen molar-refractivity contribution in [3.8, 4) is 5.75 Å². The van der Waals surface area contributed by atoms with Crippen LogP contribution in [-0.2, 0) is 6.42 Å². The Morgan fingerprint density at radius 1 is 1.11 bits per heavy atom. The lowest BCUT2D eigenvalue weighted by atomic mass is 10.1. The van der Waals surface area contributed by atoms with E-state index < -0.39 is 6.61 Å². The van der Waals surface area contributed by atoms with Gasteiger partial charge in [-0.05, 0) is 49.9 Å². The summed E-state index contributed by atoms with van der Waals surface area (Å²) in [5.74, 6) is 0.859. The molecule has 0 bridgehead atoms. The van der Waals surface area contributed by atoms with Gasteiger partial charge in [0.1, 0.15) is 5.75 Å². The molecule has 1 N–H and O–H groups in total. The molecule has 0 aromatic heterocycles. The van der Waals surface area contributed by atoms with E-state index in [4.69, 9.17) is 0 Å². The molecule has 108 valence electrons. The molecule has 1 unspecified atom stereocenters. The highest BCUT2D eigenvalue weighted by Crippen LogP contribution is 2.16. The Morgan fingerprint density at radius 3 is 2.26 bits per heavy atom. The first-order valence-corrected chi connectivity index (χ1v) is 6.74. The van der Waals surface area contributed by atoms with Gasteiger partial charge in [0.2, 0.25) is 0 Å². The minimum Gasteiger partial charge on any atom is -0.435 e. The number of rotatable bonds is 8. The Labute approximate surface area is 114 Å². The first-order valence-electron chi connectivity index (χ1n) is 6.74. The normalized spacial score (nSPS) is 13.0. The van der Waals surface area contributed by atoms with E-state index in [-0.39, 0.29) is 5.75 Å². The van der Waals surface area contributed by atoms with Crippen LogP contribution in [0.4, 0.5) is 8.78 Å². The molecule has 0 aliphatic carbocycles. The van der Waals surface area contributed by atoms with Gasteiger partial charge in [-0.1, -0.05) is 26.0 Å². The molecular weight excluding hydrogens is 248 g/mol. The molecule has 1 rings (SSSR count). The predicted molar refractivity (Wildman–Crippen MR) is 73.7 cm³/mol. The zero-order valence-electron chi connectivity index (χ0n) is 11.8. The number of halogens is 2. The van der Waals surface area contributed by atoms with Crippen molar-refractivity contribution in [2.24, 2.45) is 5.92 Å². The lowest BCUT2D eigenvalue weighted by Crippen LogP contribution is -2.29. The number of aryl methyl sites for hydroxylation is 1. The van der Waals surface area contributed by atoms with Crippen molar-refractivity contribution < 1.29 is 13.5 Å². The molecule has 1 aromatic carbocycles. The summed E-state index contributed by atoms with van der Waals surface area (Å²) in [6.07, 6.45) is 1.96. The van der Waals surface area contributed by atoms with Crippen LogP contribution in [0.15, 0.2) is 24.3 Å². The molecule has 0 saturated carbocycles. The smallest absolute Gasteiger partial charge is 0.387 e. The van der Waals surface area contributed by atoms with Crippen LogP contribution in [0.1, 0.15) is 32.8 Å². The standard InChI is InChI=1S/C15H23F2NO/c1-11(2)10-18-12(3)4-5-13-6-8-14(9-7-13)19-15(16)17/h6-9,11-12,15,18H,4-5,10H2,1-3H3. The molecule has 1 atom stereocenters. The molecule has 19 heavy (non-hydrogen) atoms. The van der Waals surface area contributed by atoms with Crippen molar-refractivity contribution in [1.29, 1.82) is 0 Å². The molecular formula is C15H23F2NO. The minimum atomic E-state index is -2.76. The molecule has 0 heterocycles. The third kappa shape index (κ3) is 7.11. The highest BCUT2D eigenvalue weighted by Gasteiger charge is 2.05. The zero-order chi connectivity index (χ0) is 14.3. The maximum Gasteiger partial charge on any atom is 0.387 e. The molecule has 0 saturated heterocycles. The number of hydrogen-bond acceptors (Lipinski definition) is 2.